The molecular weight excluding hydrogens is 276 g/mol. The van der Waals surface area contributed by atoms with Gasteiger partial charge in [0.15, 0.2) is 0 Å². The number of alkyl halides is 2. The maximum atomic E-state index is 13.8. The molecule has 1 amide bonds. The molecule has 108 valence electrons. The number of carbonyl (C=O) groups excluding carboxylic acids is 1. The third-order valence-electron chi connectivity index (χ3n) is 4.01. The second kappa shape index (κ2) is 4.13. The van der Waals surface area contributed by atoms with Gasteiger partial charge in [-0.3, -0.25) is 4.79 Å². The van der Waals surface area contributed by atoms with Crippen LogP contribution in [0.15, 0.2) is 30.7 Å². The van der Waals surface area contributed by atoms with E-state index < -0.39 is 18.4 Å². The lowest BCUT2D eigenvalue weighted by molar-refractivity contribution is -0.00837. The number of carbonyl (C=O) groups is 1. The highest BCUT2D eigenvalue weighted by Gasteiger charge is 2.40. The fourth-order valence-electron chi connectivity index (χ4n) is 2.65. The number of hydrogen-bond acceptors (Lipinski definition) is 2. The molecule has 4 rings (SSSR count). The molecule has 1 aromatic carbocycles. The van der Waals surface area contributed by atoms with Crippen molar-refractivity contribution in [1.82, 2.24) is 14.9 Å². The van der Waals surface area contributed by atoms with Crippen molar-refractivity contribution < 1.29 is 13.6 Å². The molecule has 2 aromatic rings. The van der Waals surface area contributed by atoms with Gasteiger partial charge in [-0.1, -0.05) is 6.07 Å². The topological polar surface area (TPSA) is 46.9 Å². The van der Waals surface area contributed by atoms with E-state index in [1.165, 1.54) is 12.1 Å². The number of halogens is 2. The molecule has 1 saturated carbocycles. The molecule has 4 nitrogen and oxygen atoms in total. The second-order valence-corrected chi connectivity index (χ2v) is 5.60. The van der Waals surface area contributed by atoms with Gasteiger partial charge in [-0.05, 0) is 25.0 Å². The summed E-state index contributed by atoms with van der Waals surface area (Å²) in [6.07, 6.45) is 5.86. The molecule has 6 heteroatoms. The summed E-state index contributed by atoms with van der Waals surface area (Å²) in [5.74, 6) is -2.95. The van der Waals surface area contributed by atoms with Crippen molar-refractivity contribution in [2.24, 2.45) is 0 Å². The fourth-order valence-corrected chi connectivity index (χ4v) is 2.65. The Morgan fingerprint density at radius 3 is 2.90 bits per heavy atom. The van der Waals surface area contributed by atoms with Gasteiger partial charge in [0.05, 0.1) is 24.1 Å². The highest BCUT2D eigenvalue weighted by Crippen LogP contribution is 2.39. The van der Waals surface area contributed by atoms with Crippen molar-refractivity contribution in [1.29, 1.82) is 0 Å². The summed E-state index contributed by atoms with van der Waals surface area (Å²) in [6, 6.07) is 4.43. The Morgan fingerprint density at radius 1 is 1.33 bits per heavy atom. The second-order valence-electron chi connectivity index (χ2n) is 5.60. The average Bonchev–Trinajstić information content (AvgIpc) is 3.21. The van der Waals surface area contributed by atoms with Gasteiger partial charge in [-0.15, -0.1) is 0 Å². The zero-order valence-corrected chi connectivity index (χ0v) is 11.1. The molecule has 0 bridgehead atoms. The molecule has 0 saturated heterocycles. The number of benzene rings is 1. The van der Waals surface area contributed by atoms with E-state index in [2.05, 4.69) is 10.3 Å². The maximum Gasteiger partial charge on any atom is 0.290 e. The van der Waals surface area contributed by atoms with Gasteiger partial charge in [0.25, 0.3) is 11.8 Å². The molecule has 1 N–H and O–H groups in total. The minimum atomic E-state index is -3.02. The Bertz CT molecular complexity index is 734. The molecule has 0 spiro atoms. The highest BCUT2D eigenvalue weighted by atomic mass is 19.3. The molecule has 1 aliphatic carbocycles. The first-order valence-electron chi connectivity index (χ1n) is 6.89. The Kier molecular flexibility index (Phi) is 2.46. The van der Waals surface area contributed by atoms with Crippen LogP contribution in [0.4, 0.5) is 8.78 Å². The summed E-state index contributed by atoms with van der Waals surface area (Å²) in [5, 5.41) is 2.23. The molecule has 1 aliphatic heterocycles. The Morgan fingerprint density at radius 2 is 2.14 bits per heavy atom. The Balaban J connectivity index is 1.77. The fraction of sp³-hybridized carbons (Fsp3) is 0.333. The summed E-state index contributed by atoms with van der Waals surface area (Å²) in [4.78, 5) is 16.1. The SMILES string of the molecule is O=C1NCC(F)(F)c2ccc(-n3cnc(C4CC4)c3)cc21. The predicted molar refractivity (Wildman–Crippen MR) is 71.8 cm³/mol. The lowest BCUT2D eigenvalue weighted by atomic mass is 9.96. The quantitative estimate of drug-likeness (QED) is 0.923. The number of amides is 1. The van der Waals surface area contributed by atoms with Gasteiger partial charge in [0, 0.05) is 23.4 Å². The smallest absolute Gasteiger partial charge is 0.290 e. The Hall–Kier alpha value is -2.24. The van der Waals surface area contributed by atoms with E-state index in [4.69, 9.17) is 0 Å². The van der Waals surface area contributed by atoms with E-state index in [1.807, 2.05) is 6.20 Å². The molecule has 1 aromatic heterocycles. The lowest BCUT2D eigenvalue weighted by Crippen LogP contribution is -2.41. The van der Waals surface area contributed by atoms with Crippen molar-refractivity contribution >= 4 is 5.91 Å². The number of nitrogens with zero attached hydrogens (tertiary/aromatic N) is 2. The summed E-state index contributed by atoms with van der Waals surface area (Å²) >= 11 is 0. The van der Waals surface area contributed by atoms with Gasteiger partial charge in [0.1, 0.15) is 0 Å². The van der Waals surface area contributed by atoms with E-state index >= 15 is 0 Å². The van der Waals surface area contributed by atoms with E-state index in [0.717, 1.165) is 18.5 Å². The summed E-state index contributed by atoms with van der Waals surface area (Å²) in [5.41, 5.74) is 1.51. The number of nitrogens with one attached hydrogen (secondary N) is 1. The van der Waals surface area contributed by atoms with Crippen LogP contribution in [0.2, 0.25) is 0 Å². The number of rotatable bonds is 2. The third-order valence-corrected chi connectivity index (χ3v) is 4.01. The first-order chi connectivity index (χ1) is 10.0. The molecule has 0 radical (unpaired) electrons. The van der Waals surface area contributed by atoms with Crippen molar-refractivity contribution in [3.05, 3.63) is 47.5 Å². The van der Waals surface area contributed by atoms with E-state index in [9.17, 15) is 13.6 Å². The van der Waals surface area contributed by atoms with Crippen molar-refractivity contribution in [3.8, 4) is 5.69 Å². The number of aromatic nitrogens is 2. The van der Waals surface area contributed by atoms with Gasteiger partial charge >= 0.3 is 0 Å². The molecule has 2 aliphatic rings. The maximum absolute atomic E-state index is 13.8. The number of imidazole rings is 1. The largest absolute Gasteiger partial charge is 0.346 e. The van der Waals surface area contributed by atoms with Crippen LogP contribution in [0, 0.1) is 0 Å². The zero-order valence-electron chi connectivity index (χ0n) is 11.1. The summed E-state index contributed by atoms with van der Waals surface area (Å²) < 4.78 is 29.3. The predicted octanol–water partition coefficient (Wildman–Crippen LogP) is 2.58. The monoisotopic (exact) mass is 289 g/mol. The van der Waals surface area contributed by atoms with Crippen LogP contribution >= 0.6 is 0 Å². The number of fused-ring (bicyclic) bond motifs is 1. The van der Waals surface area contributed by atoms with Gasteiger partial charge in [-0.25, -0.2) is 4.98 Å². The van der Waals surface area contributed by atoms with Crippen LogP contribution in [-0.2, 0) is 5.92 Å². The minimum absolute atomic E-state index is 0.0328. The van der Waals surface area contributed by atoms with Gasteiger partial charge in [0.2, 0.25) is 0 Å². The van der Waals surface area contributed by atoms with Crippen LogP contribution < -0.4 is 5.32 Å². The van der Waals surface area contributed by atoms with Crippen LogP contribution in [0.5, 0.6) is 0 Å². The molecule has 0 atom stereocenters. The summed E-state index contributed by atoms with van der Waals surface area (Å²) in [7, 11) is 0. The van der Waals surface area contributed by atoms with Crippen LogP contribution in [0.25, 0.3) is 5.69 Å². The molecular formula is C15H13F2N3O. The van der Waals surface area contributed by atoms with Crippen molar-refractivity contribution in [3.63, 3.8) is 0 Å². The molecule has 21 heavy (non-hydrogen) atoms. The van der Waals surface area contributed by atoms with Crippen LogP contribution in [-0.4, -0.2) is 22.0 Å². The summed E-state index contributed by atoms with van der Waals surface area (Å²) in [6.45, 7) is -0.644. The van der Waals surface area contributed by atoms with Gasteiger partial charge < -0.3 is 9.88 Å². The molecule has 2 heterocycles. The third kappa shape index (κ3) is 2.02. The van der Waals surface area contributed by atoms with Crippen LogP contribution in [0.3, 0.4) is 0 Å². The van der Waals surface area contributed by atoms with E-state index in [0.29, 0.717) is 11.6 Å². The first kappa shape index (κ1) is 12.5. The van der Waals surface area contributed by atoms with E-state index in [1.54, 1.807) is 17.0 Å². The van der Waals surface area contributed by atoms with Crippen molar-refractivity contribution in [2.45, 2.75) is 24.7 Å². The minimum Gasteiger partial charge on any atom is -0.346 e. The molecule has 1 fully saturated rings. The number of hydrogen-bond donors (Lipinski definition) is 1. The van der Waals surface area contributed by atoms with Crippen LogP contribution in [0.1, 0.15) is 40.4 Å². The normalized spacial score (nSPS) is 20.0. The highest BCUT2D eigenvalue weighted by molar-refractivity contribution is 5.97. The Labute approximate surface area is 119 Å². The molecule has 0 unspecified atom stereocenters. The van der Waals surface area contributed by atoms with Crippen molar-refractivity contribution in [2.75, 3.05) is 6.54 Å². The zero-order chi connectivity index (χ0) is 14.6. The first-order valence-corrected chi connectivity index (χ1v) is 6.89. The standard InChI is InChI=1S/C15H13F2N3O/c16-15(17)7-18-14(21)11-5-10(3-4-12(11)15)20-6-13(19-8-20)9-1-2-9/h3-6,8-9H,1-2,7H2,(H,18,21). The average molecular weight is 289 g/mol. The van der Waals surface area contributed by atoms with E-state index in [-0.39, 0.29) is 11.1 Å². The lowest BCUT2D eigenvalue weighted by Gasteiger charge is -2.25. The van der Waals surface area contributed by atoms with Gasteiger partial charge in [-0.2, -0.15) is 8.78 Å².